The number of pyridine rings is 1. The van der Waals surface area contributed by atoms with E-state index < -0.39 is 50.7 Å². The van der Waals surface area contributed by atoms with Gasteiger partial charge in [-0.15, -0.1) is 4.72 Å². The quantitative estimate of drug-likeness (QED) is 0.402. The van der Waals surface area contributed by atoms with Crippen LogP contribution in [-0.2, 0) is 32.6 Å². The molecule has 1 aromatic heterocycles. The summed E-state index contributed by atoms with van der Waals surface area (Å²) >= 11 is 3.84. The van der Waals surface area contributed by atoms with Crippen LogP contribution in [0.4, 0.5) is 17.6 Å². The summed E-state index contributed by atoms with van der Waals surface area (Å²) in [4.78, 5) is 17.0. The summed E-state index contributed by atoms with van der Waals surface area (Å²) in [5.74, 6) is -2.38. The van der Waals surface area contributed by atoms with Gasteiger partial charge >= 0.3 is 12.1 Å². The largest absolute Gasteiger partial charge is 0.598 e. The van der Waals surface area contributed by atoms with Crippen molar-refractivity contribution in [2.75, 3.05) is 7.11 Å². The predicted molar refractivity (Wildman–Crippen MR) is 104 cm³/mol. The van der Waals surface area contributed by atoms with Crippen LogP contribution in [0.3, 0.4) is 0 Å². The van der Waals surface area contributed by atoms with Gasteiger partial charge in [0.05, 0.1) is 23.4 Å². The lowest BCUT2D eigenvalue weighted by molar-refractivity contribution is -0.147. The van der Waals surface area contributed by atoms with Crippen LogP contribution in [0.1, 0.15) is 37.6 Å². The number of alkyl halides is 3. The number of nitrogens with one attached hydrogen (secondary N) is 1. The highest BCUT2D eigenvalue weighted by Crippen LogP contribution is 2.37. The Hall–Kier alpha value is -1.88. The highest BCUT2D eigenvalue weighted by atomic mass is 35.5. The Labute approximate surface area is 179 Å². The number of hydrogen-bond donors (Lipinski definition) is 1. The van der Waals surface area contributed by atoms with Gasteiger partial charge in [0.1, 0.15) is 10.6 Å². The average Bonchev–Trinajstić information content (AvgIpc) is 2.64. The number of carbonyl (C=O) groups excluding carboxylic acids is 1. The van der Waals surface area contributed by atoms with E-state index in [9.17, 15) is 26.9 Å². The van der Waals surface area contributed by atoms with Crippen molar-refractivity contribution in [3.8, 4) is 0 Å². The molecule has 0 aliphatic heterocycles. The molecule has 30 heavy (non-hydrogen) atoms. The van der Waals surface area contributed by atoms with Gasteiger partial charge in [-0.2, -0.15) is 13.2 Å². The molecule has 0 saturated heterocycles. The number of halogens is 5. The van der Waals surface area contributed by atoms with Gasteiger partial charge in [-0.3, -0.25) is 4.98 Å². The van der Waals surface area contributed by atoms with Crippen LogP contribution >= 0.6 is 11.6 Å². The second-order valence-corrected chi connectivity index (χ2v) is 9.72. The maximum atomic E-state index is 14.2. The maximum Gasteiger partial charge on any atom is 0.416 e. The number of esters is 1. The molecule has 0 fully saturated rings. The van der Waals surface area contributed by atoms with Crippen molar-refractivity contribution in [3.05, 3.63) is 64.2 Å². The van der Waals surface area contributed by atoms with Crippen molar-refractivity contribution in [1.82, 2.24) is 9.71 Å². The summed E-state index contributed by atoms with van der Waals surface area (Å²) in [6.07, 6.45) is -3.74. The van der Waals surface area contributed by atoms with Crippen molar-refractivity contribution in [3.63, 3.8) is 0 Å². The Balaban J connectivity index is 2.88. The van der Waals surface area contributed by atoms with E-state index in [0.29, 0.717) is 12.1 Å². The van der Waals surface area contributed by atoms with Gasteiger partial charge in [0, 0.05) is 17.6 Å². The molecule has 1 aromatic carbocycles. The molecule has 0 aliphatic rings. The van der Waals surface area contributed by atoms with E-state index in [1.165, 1.54) is 12.1 Å². The number of ether oxygens (including phenoxy) is 1. The molecule has 2 rings (SSSR count). The van der Waals surface area contributed by atoms with Gasteiger partial charge in [0.15, 0.2) is 0 Å². The first kappa shape index (κ1) is 24.4. The van der Waals surface area contributed by atoms with E-state index in [1.807, 2.05) is 0 Å². The second kappa shape index (κ2) is 8.70. The van der Waals surface area contributed by atoms with E-state index >= 15 is 0 Å². The summed E-state index contributed by atoms with van der Waals surface area (Å²) in [6.45, 7) is 4.75. The normalized spacial score (nSPS) is 15.4. The van der Waals surface area contributed by atoms with Gasteiger partial charge in [0.2, 0.25) is 5.54 Å². The first-order valence-electron chi connectivity index (χ1n) is 8.50. The fourth-order valence-corrected chi connectivity index (χ4v) is 3.54. The molecule has 2 atom stereocenters. The SMILES string of the molecule is COC(=O)[C@](N[S@+]([O-])C(C)(C)C)(c1cc(F)cc(C(F)(F)F)c1)c1ccc(Cl)cn1. The van der Waals surface area contributed by atoms with E-state index in [4.69, 9.17) is 16.3 Å². The average molecular weight is 467 g/mol. The summed E-state index contributed by atoms with van der Waals surface area (Å²) in [5, 5.41) is 0.185. The standard InChI is InChI=1S/C19H19ClF4N2O3S/c1-17(2,3)30(28)26-18(16(27)29-4,15-6-5-13(20)10-25-15)11-7-12(19(22,23)24)9-14(21)8-11/h5-10,26H,1-4H3/t18-,30+/m0/s1. The number of rotatable bonds is 5. The maximum absolute atomic E-state index is 14.2. The van der Waals surface area contributed by atoms with E-state index in [1.54, 1.807) is 20.8 Å². The zero-order chi connectivity index (χ0) is 22.9. The number of hydrogen-bond acceptors (Lipinski definition) is 5. The summed E-state index contributed by atoms with van der Waals surface area (Å²) < 4.78 is 73.5. The topological polar surface area (TPSA) is 74.3 Å². The Morgan fingerprint density at radius 3 is 2.23 bits per heavy atom. The molecule has 1 N–H and O–H groups in total. The Morgan fingerprint density at radius 1 is 1.17 bits per heavy atom. The van der Waals surface area contributed by atoms with Crippen LogP contribution in [-0.4, -0.2) is 27.4 Å². The lowest BCUT2D eigenvalue weighted by Crippen LogP contribution is -2.57. The van der Waals surface area contributed by atoms with Crippen molar-refractivity contribution in [1.29, 1.82) is 0 Å². The van der Waals surface area contributed by atoms with E-state index in [-0.39, 0.29) is 10.7 Å². The van der Waals surface area contributed by atoms with Gasteiger partial charge in [-0.05, 0) is 56.7 Å². The van der Waals surface area contributed by atoms with Crippen LogP contribution < -0.4 is 4.72 Å². The smallest absolute Gasteiger partial charge is 0.416 e. The third kappa shape index (κ3) is 5.05. The van der Waals surface area contributed by atoms with Crippen molar-refractivity contribution < 1.29 is 31.6 Å². The molecule has 5 nitrogen and oxygen atoms in total. The molecular weight excluding hydrogens is 448 g/mol. The monoisotopic (exact) mass is 466 g/mol. The predicted octanol–water partition coefficient (Wildman–Crippen LogP) is 4.36. The summed E-state index contributed by atoms with van der Waals surface area (Å²) in [6, 6.07) is 4.21. The Kier molecular flexibility index (Phi) is 7.07. The molecule has 2 aromatic rings. The number of nitrogens with zero attached hydrogens (tertiary/aromatic N) is 1. The van der Waals surface area contributed by atoms with Crippen LogP contribution in [0, 0.1) is 5.82 Å². The lowest BCUT2D eigenvalue weighted by Gasteiger charge is -2.35. The third-order valence-electron chi connectivity index (χ3n) is 4.06. The minimum atomic E-state index is -4.89. The molecule has 0 radical (unpaired) electrons. The molecule has 0 aliphatic carbocycles. The summed E-state index contributed by atoms with van der Waals surface area (Å²) in [7, 11) is 0.999. The molecule has 0 bridgehead atoms. The van der Waals surface area contributed by atoms with Gasteiger partial charge in [0.25, 0.3) is 0 Å². The lowest BCUT2D eigenvalue weighted by atomic mass is 9.86. The van der Waals surface area contributed by atoms with Crippen LogP contribution in [0.2, 0.25) is 5.02 Å². The molecule has 1 heterocycles. The summed E-state index contributed by atoms with van der Waals surface area (Å²) in [5.41, 5.74) is -4.29. The van der Waals surface area contributed by atoms with Crippen LogP contribution in [0.15, 0.2) is 36.5 Å². The molecular formula is C19H19ClF4N2O3S. The van der Waals surface area contributed by atoms with Crippen molar-refractivity contribution in [2.45, 2.75) is 37.2 Å². The molecule has 164 valence electrons. The minimum absolute atomic E-state index is 0.171. The van der Waals surface area contributed by atoms with Crippen LogP contribution in [0.25, 0.3) is 0 Å². The third-order valence-corrected chi connectivity index (χ3v) is 5.89. The van der Waals surface area contributed by atoms with Gasteiger partial charge in [-0.1, -0.05) is 11.6 Å². The molecule has 0 amide bonds. The second-order valence-electron chi connectivity index (χ2n) is 7.31. The van der Waals surface area contributed by atoms with Crippen LogP contribution in [0.5, 0.6) is 0 Å². The first-order valence-corrected chi connectivity index (χ1v) is 10.0. The molecule has 0 spiro atoms. The van der Waals surface area contributed by atoms with E-state index in [0.717, 1.165) is 19.4 Å². The fourth-order valence-electron chi connectivity index (χ4n) is 2.54. The van der Waals surface area contributed by atoms with E-state index in [2.05, 4.69) is 9.71 Å². The Morgan fingerprint density at radius 2 is 1.77 bits per heavy atom. The molecule has 11 heteroatoms. The number of benzene rings is 1. The molecule has 0 unspecified atom stereocenters. The van der Waals surface area contributed by atoms with Crippen molar-refractivity contribution >= 4 is 28.9 Å². The molecule has 0 saturated carbocycles. The number of methoxy groups -OCH3 is 1. The number of aromatic nitrogens is 1. The minimum Gasteiger partial charge on any atom is -0.598 e. The Bertz CT molecular complexity index is 919. The number of carbonyl (C=O) groups is 1. The van der Waals surface area contributed by atoms with Gasteiger partial charge in [-0.25, -0.2) is 9.18 Å². The highest BCUT2D eigenvalue weighted by Gasteiger charge is 2.51. The van der Waals surface area contributed by atoms with Crippen molar-refractivity contribution in [2.24, 2.45) is 0 Å². The fraction of sp³-hybridized carbons (Fsp3) is 0.368. The first-order chi connectivity index (χ1) is 13.7. The highest BCUT2D eigenvalue weighted by molar-refractivity contribution is 7.90. The zero-order valence-electron chi connectivity index (χ0n) is 16.4. The van der Waals surface area contributed by atoms with Gasteiger partial charge < -0.3 is 9.29 Å². The zero-order valence-corrected chi connectivity index (χ0v) is 18.0.